The molecule has 0 aromatic carbocycles. The summed E-state index contributed by atoms with van der Waals surface area (Å²) in [5.74, 6) is -0.602. The molecule has 1 amide bonds. The lowest BCUT2D eigenvalue weighted by Gasteiger charge is -2.41. The predicted molar refractivity (Wildman–Crippen MR) is 55.5 cm³/mol. The van der Waals surface area contributed by atoms with Gasteiger partial charge in [0.15, 0.2) is 24.0 Å². The maximum atomic E-state index is 11.9. The van der Waals surface area contributed by atoms with E-state index in [0.29, 0.717) is 0 Å². The first-order valence-corrected chi connectivity index (χ1v) is 5.83. The third-order valence-corrected chi connectivity index (χ3v) is 4.06. The van der Waals surface area contributed by atoms with Gasteiger partial charge in [0, 0.05) is 0 Å². The highest BCUT2D eigenvalue weighted by atomic mass is 16.8. The maximum absolute atomic E-state index is 11.9. The minimum absolute atomic E-state index is 0.124. The first-order chi connectivity index (χ1) is 9.10. The summed E-state index contributed by atoms with van der Waals surface area (Å²) in [5, 5.41) is 1.01. The molecule has 0 aromatic heterocycles. The number of rotatable bonds is 1. The lowest BCUT2D eigenvalue weighted by molar-refractivity contribution is -0.240. The van der Waals surface area contributed by atoms with Gasteiger partial charge in [-0.2, -0.15) is 5.06 Å². The van der Waals surface area contributed by atoms with Crippen molar-refractivity contribution in [2.24, 2.45) is 0 Å². The molecule has 0 aliphatic carbocycles. The van der Waals surface area contributed by atoms with Crippen molar-refractivity contribution >= 4 is 12.1 Å². The van der Waals surface area contributed by atoms with Gasteiger partial charge >= 0.3 is 12.1 Å². The average molecular weight is 269 g/mol. The summed E-state index contributed by atoms with van der Waals surface area (Å²) in [7, 11) is 1.32. The quantitative estimate of drug-likeness (QED) is 0.461. The Hall–Kier alpha value is -1.64. The molecule has 8 heteroatoms. The number of fused-ring (bicyclic) bond motifs is 4. The van der Waals surface area contributed by atoms with E-state index in [-0.39, 0.29) is 12.2 Å². The number of carbonyl (C=O) groups is 2. The fourth-order valence-corrected chi connectivity index (χ4v) is 3.30. The van der Waals surface area contributed by atoms with Gasteiger partial charge in [0.05, 0.1) is 19.3 Å². The fourth-order valence-electron chi connectivity index (χ4n) is 3.30. The maximum Gasteiger partial charge on any atom is 0.435 e. The van der Waals surface area contributed by atoms with Gasteiger partial charge in [-0.25, -0.2) is 9.59 Å². The molecule has 4 fully saturated rings. The van der Waals surface area contributed by atoms with Crippen LogP contribution in [0.2, 0.25) is 0 Å². The molecule has 2 bridgehead atoms. The van der Waals surface area contributed by atoms with Gasteiger partial charge in [-0.05, 0) is 0 Å². The van der Waals surface area contributed by atoms with E-state index >= 15 is 0 Å². The second-order valence-corrected chi connectivity index (χ2v) is 4.79. The lowest BCUT2D eigenvalue weighted by atomic mass is 9.78. The molecule has 0 saturated carbocycles. The number of hydrogen-bond donors (Lipinski definition) is 0. The molecular weight excluding hydrogens is 258 g/mol. The Balaban J connectivity index is 1.92. The summed E-state index contributed by atoms with van der Waals surface area (Å²) in [6.45, 7) is 4.01. The van der Waals surface area contributed by atoms with Crippen LogP contribution in [0.3, 0.4) is 0 Å². The van der Waals surface area contributed by atoms with Crippen LogP contribution in [0, 0.1) is 0 Å². The van der Waals surface area contributed by atoms with E-state index in [0.717, 1.165) is 5.06 Å². The zero-order valence-electron chi connectivity index (χ0n) is 10.0. The molecule has 4 heterocycles. The number of carbonyl (C=O) groups excluding carboxylic acids is 2. The van der Waals surface area contributed by atoms with Crippen molar-refractivity contribution in [1.29, 1.82) is 0 Å². The highest BCUT2D eigenvalue weighted by Crippen LogP contribution is 2.53. The standard InChI is InChI=1S/C11H11NO7/c1-4-8(13)18-7-9-16-3-5(17-9)6-11(4,7)12(15-2)10(14)19-6/h5-7,9H,1,3H2,2H3/t5-,6-,7-,9-,11-/m1/s1. The van der Waals surface area contributed by atoms with Crippen molar-refractivity contribution in [3.63, 3.8) is 0 Å². The fraction of sp³-hybridized carbons (Fsp3) is 0.636. The van der Waals surface area contributed by atoms with Gasteiger partial charge in [-0.3, -0.25) is 4.84 Å². The van der Waals surface area contributed by atoms with Gasteiger partial charge in [-0.1, -0.05) is 6.58 Å². The molecule has 4 rings (SSSR count). The molecule has 5 atom stereocenters. The van der Waals surface area contributed by atoms with Crippen LogP contribution in [-0.4, -0.2) is 61.0 Å². The SMILES string of the molecule is C=C1C(=O)O[C@@H]2[C@@H]3OC[C@@H](O3)[C@H]3OC(=O)N(OC)[C@@]123. The molecule has 4 saturated heterocycles. The molecule has 8 nitrogen and oxygen atoms in total. The topological polar surface area (TPSA) is 83.5 Å². The number of amides is 1. The molecule has 102 valence electrons. The molecule has 0 radical (unpaired) electrons. The van der Waals surface area contributed by atoms with Gasteiger partial charge in [-0.15, -0.1) is 0 Å². The Labute approximate surface area is 107 Å². The zero-order valence-corrected chi connectivity index (χ0v) is 10.0. The van der Waals surface area contributed by atoms with Crippen molar-refractivity contribution in [2.45, 2.75) is 30.1 Å². The summed E-state index contributed by atoms with van der Waals surface area (Å²) >= 11 is 0. The third-order valence-electron chi connectivity index (χ3n) is 4.06. The summed E-state index contributed by atoms with van der Waals surface area (Å²) in [6, 6.07) is 0. The monoisotopic (exact) mass is 269 g/mol. The number of hydrogen-bond acceptors (Lipinski definition) is 7. The first kappa shape index (κ1) is 11.2. The first-order valence-electron chi connectivity index (χ1n) is 5.83. The molecule has 19 heavy (non-hydrogen) atoms. The van der Waals surface area contributed by atoms with Crippen molar-refractivity contribution in [2.75, 3.05) is 13.7 Å². The van der Waals surface area contributed by atoms with E-state index in [4.69, 9.17) is 23.8 Å². The molecule has 0 aromatic rings. The highest BCUT2D eigenvalue weighted by molar-refractivity contribution is 5.96. The van der Waals surface area contributed by atoms with Crippen LogP contribution in [0.15, 0.2) is 12.2 Å². The van der Waals surface area contributed by atoms with Crippen LogP contribution in [0.5, 0.6) is 0 Å². The van der Waals surface area contributed by atoms with Crippen LogP contribution >= 0.6 is 0 Å². The average Bonchev–Trinajstić information content (AvgIpc) is 3.01. The Morgan fingerprint density at radius 2 is 2.16 bits per heavy atom. The van der Waals surface area contributed by atoms with Gasteiger partial charge in [0.25, 0.3) is 0 Å². The number of esters is 1. The van der Waals surface area contributed by atoms with E-state index in [9.17, 15) is 9.59 Å². The normalized spacial score (nSPS) is 47.0. The summed E-state index contributed by atoms with van der Waals surface area (Å²) in [4.78, 5) is 28.8. The minimum atomic E-state index is -1.20. The van der Waals surface area contributed by atoms with E-state index in [1.807, 2.05) is 0 Å². The van der Waals surface area contributed by atoms with Crippen molar-refractivity contribution in [1.82, 2.24) is 5.06 Å². The van der Waals surface area contributed by atoms with E-state index < -0.39 is 42.2 Å². The second kappa shape index (κ2) is 3.27. The van der Waals surface area contributed by atoms with E-state index in [1.54, 1.807) is 0 Å². The molecule has 0 unspecified atom stereocenters. The van der Waals surface area contributed by atoms with Crippen LogP contribution in [-0.2, 0) is 28.6 Å². The molecule has 4 aliphatic rings. The molecule has 4 aliphatic heterocycles. The van der Waals surface area contributed by atoms with Crippen LogP contribution in [0.1, 0.15) is 0 Å². The smallest absolute Gasteiger partial charge is 0.435 e. The van der Waals surface area contributed by atoms with E-state index in [1.165, 1.54) is 7.11 Å². The van der Waals surface area contributed by atoms with Crippen molar-refractivity contribution in [3.05, 3.63) is 12.2 Å². The Morgan fingerprint density at radius 1 is 1.37 bits per heavy atom. The Morgan fingerprint density at radius 3 is 2.89 bits per heavy atom. The van der Waals surface area contributed by atoms with E-state index in [2.05, 4.69) is 6.58 Å². The molecule has 1 spiro atoms. The van der Waals surface area contributed by atoms with Crippen LogP contribution < -0.4 is 0 Å². The summed E-state index contributed by atoms with van der Waals surface area (Å²) in [6.07, 6.45) is -3.45. The summed E-state index contributed by atoms with van der Waals surface area (Å²) < 4.78 is 21.5. The largest absolute Gasteiger partial charge is 0.450 e. The number of ether oxygens (including phenoxy) is 4. The minimum Gasteiger partial charge on any atom is -0.450 e. The predicted octanol–water partition coefficient (Wildman–Crippen LogP) is -0.656. The second-order valence-electron chi connectivity index (χ2n) is 4.79. The van der Waals surface area contributed by atoms with Crippen LogP contribution in [0.4, 0.5) is 4.79 Å². The van der Waals surface area contributed by atoms with Crippen molar-refractivity contribution < 1.29 is 33.4 Å². The van der Waals surface area contributed by atoms with Crippen LogP contribution in [0.25, 0.3) is 0 Å². The lowest BCUT2D eigenvalue weighted by Crippen LogP contribution is -2.66. The van der Waals surface area contributed by atoms with Gasteiger partial charge < -0.3 is 18.9 Å². The number of hydroxylamine groups is 2. The third kappa shape index (κ3) is 1.03. The zero-order chi connectivity index (χ0) is 13.4. The molecular formula is C11H11NO7. The number of nitrogens with zero attached hydrogens (tertiary/aromatic N) is 1. The van der Waals surface area contributed by atoms with Gasteiger partial charge in [0.2, 0.25) is 0 Å². The summed E-state index contributed by atoms with van der Waals surface area (Å²) in [5.41, 5.74) is -1.08. The highest BCUT2D eigenvalue weighted by Gasteiger charge is 2.77. The Kier molecular flexibility index (Phi) is 1.93. The molecule has 0 N–H and O–H groups in total. The van der Waals surface area contributed by atoms with Crippen molar-refractivity contribution in [3.8, 4) is 0 Å². The van der Waals surface area contributed by atoms with Gasteiger partial charge in [0.1, 0.15) is 6.10 Å². The Bertz CT molecular complexity index is 491.